The molecule has 0 spiro atoms. The number of aryl methyl sites for hydroxylation is 2. The van der Waals surface area contributed by atoms with E-state index in [0.717, 1.165) is 22.2 Å². The van der Waals surface area contributed by atoms with Crippen LogP contribution in [-0.4, -0.2) is 32.6 Å². The molecule has 2 amide bonds. The van der Waals surface area contributed by atoms with Crippen LogP contribution in [0.5, 0.6) is 11.5 Å². The summed E-state index contributed by atoms with van der Waals surface area (Å²) in [6, 6.07) is 19.1. The Kier molecular flexibility index (Phi) is 6.12. The van der Waals surface area contributed by atoms with Gasteiger partial charge in [0.1, 0.15) is 23.1 Å². The summed E-state index contributed by atoms with van der Waals surface area (Å²) in [5, 5.41) is 12.4. The van der Waals surface area contributed by atoms with Gasteiger partial charge in [-0.1, -0.05) is 17.7 Å². The van der Waals surface area contributed by atoms with Gasteiger partial charge in [0, 0.05) is 37.7 Å². The largest absolute Gasteiger partial charge is 0.457 e. The van der Waals surface area contributed by atoms with Crippen LogP contribution in [0.4, 0.5) is 15.0 Å². The molecule has 0 aliphatic rings. The standard InChI is InChI=1S/C27H25FN6O2/c1-18-4-7-22(8-5-18)34-26(12-13-30-34)32(2)27(35)29-16-20-14-21(28)6-11-25(20)36-23-9-10-24-19(15-23)17-31-33(24)3/h4-15,17H,16H2,1-3H3,(H,29,35). The van der Waals surface area contributed by atoms with Crippen molar-refractivity contribution in [3.8, 4) is 17.2 Å². The number of fused-ring (bicyclic) bond motifs is 1. The molecule has 3 aromatic carbocycles. The number of urea groups is 1. The average molecular weight is 485 g/mol. The van der Waals surface area contributed by atoms with Crippen molar-refractivity contribution in [3.63, 3.8) is 0 Å². The fourth-order valence-electron chi connectivity index (χ4n) is 3.95. The molecule has 5 aromatic rings. The lowest BCUT2D eigenvalue weighted by atomic mass is 10.2. The molecule has 1 N–H and O–H groups in total. The number of aromatic nitrogens is 4. The maximum absolute atomic E-state index is 14.1. The van der Waals surface area contributed by atoms with Crippen molar-refractivity contribution in [2.24, 2.45) is 7.05 Å². The minimum absolute atomic E-state index is 0.0735. The first-order chi connectivity index (χ1) is 17.4. The second-order valence-electron chi connectivity index (χ2n) is 8.50. The summed E-state index contributed by atoms with van der Waals surface area (Å²) in [5.74, 6) is 1.22. The van der Waals surface area contributed by atoms with E-state index in [-0.39, 0.29) is 12.6 Å². The van der Waals surface area contributed by atoms with Crippen molar-refractivity contribution in [3.05, 3.63) is 96.1 Å². The smallest absolute Gasteiger partial charge is 0.323 e. The number of carbonyl (C=O) groups excluding carboxylic acids is 1. The highest BCUT2D eigenvalue weighted by Crippen LogP contribution is 2.29. The Morgan fingerprint density at radius 1 is 1.06 bits per heavy atom. The van der Waals surface area contributed by atoms with Crippen LogP contribution < -0.4 is 15.0 Å². The quantitative estimate of drug-likeness (QED) is 0.353. The van der Waals surface area contributed by atoms with Crippen LogP contribution in [-0.2, 0) is 13.6 Å². The average Bonchev–Trinajstić information content (AvgIpc) is 3.51. The van der Waals surface area contributed by atoms with Crippen LogP contribution in [0.3, 0.4) is 0 Å². The first-order valence-corrected chi connectivity index (χ1v) is 11.4. The third kappa shape index (κ3) is 4.63. The molecule has 0 bridgehead atoms. The van der Waals surface area contributed by atoms with Gasteiger partial charge >= 0.3 is 6.03 Å². The molecule has 2 heterocycles. The third-order valence-corrected chi connectivity index (χ3v) is 5.95. The second kappa shape index (κ2) is 9.53. The molecule has 0 saturated carbocycles. The molecule has 0 aliphatic carbocycles. The zero-order valence-electron chi connectivity index (χ0n) is 20.1. The highest BCUT2D eigenvalue weighted by Gasteiger charge is 2.17. The lowest BCUT2D eigenvalue weighted by Crippen LogP contribution is -2.38. The first-order valence-electron chi connectivity index (χ1n) is 11.4. The summed E-state index contributed by atoms with van der Waals surface area (Å²) in [6.07, 6.45) is 3.39. The number of nitrogens with one attached hydrogen (secondary N) is 1. The molecular formula is C27H25FN6O2. The number of nitrogens with zero attached hydrogens (tertiary/aromatic N) is 5. The number of halogens is 1. The molecule has 0 fully saturated rings. The number of ether oxygens (including phenoxy) is 1. The molecule has 0 radical (unpaired) electrons. The van der Waals surface area contributed by atoms with E-state index in [2.05, 4.69) is 15.5 Å². The van der Waals surface area contributed by atoms with E-state index in [4.69, 9.17) is 4.74 Å². The Hall–Kier alpha value is -4.66. The zero-order valence-corrected chi connectivity index (χ0v) is 20.1. The van der Waals surface area contributed by atoms with Gasteiger partial charge in [0.15, 0.2) is 0 Å². The number of anilines is 1. The fourth-order valence-corrected chi connectivity index (χ4v) is 3.95. The van der Waals surface area contributed by atoms with E-state index in [1.54, 1.807) is 40.9 Å². The van der Waals surface area contributed by atoms with Gasteiger partial charge in [-0.3, -0.25) is 9.58 Å². The van der Waals surface area contributed by atoms with Gasteiger partial charge in [-0.2, -0.15) is 10.2 Å². The minimum Gasteiger partial charge on any atom is -0.457 e. The predicted molar refractivity (Wildman–Crippen MR) is 136 cm³/mol. The van der Waals surface area contributed by atoms with E-state index >= 15 is 0 Å². The van der Waals surface area contributed by atoms with Crippen LogP contribution in [0.2, 0.25) is 0 Å². The van der Waals surface area contributed by atoms with E-state index < -0.39 is 5.82 Å². The molecule has 36 heavy (non-hydrogen) atoms. The van der Waals surface area contributed by atoms with Gasteiger partial charge in [-0.25, -0.2) is 13.9 Å². The van der Waals surface area contributed by atoms with E-state index in [1.165, 1.54) is 17.0 Å². The highest BCUT2D eigenvalue weighted by atomic mass is 19.1. The van der Waals surface area contributed by atoms with E-state index in [9.17, 15) is 9.18 Å². The maximum Gasteiger partial charge on any atom is 0.323 e. The number of hydrogen-bond donors (Lipinski definition) is 1. The summed E-state index contributed by atoms with van der Waals surface area (Å²) in [4.78, 5) is 14.4. The Morgan fingerprint density at radius 3 is 2.67 bits per heavy atom. The number of hydrogen-bond acceptors (Lipinski definition) is 4. The molecule has 8 nitrogen and oxygen atoms in total. The maximum atomic E-state index is 14.1. The summed E-state index contributed by atoms with van der Waals surface area (Å²) in [5.41, 5.74) is 3.45. The highest BCUT2D eigenvalue weighted by molar-refractivity contribution is 5.90. The lowest BCUT2D eigenvalue weighted by molar-refractivity contribution is 0.246. The molecule has 9 heteroatoms. The summed E-state index contributed by atoms with van der Waals surface area (Å²) >= 11 is 0. The Labute approximate surface area is 207 Å². The zero-order chi connectivity index (χ0) is 25.2. The summed E-state index contributed by atoms with van der Waals surface area (Å²) in [7, 11) is 3.53. The van der Waals surface area contributed by atoms with Gasteiger partial charge in [0.25, 0.3) is 0 Å². The van der Waals surface area contributed by atoms with Crippen molar-refractivity contribution >= 4 is 22.8 Å². The normalized spacial score (nSPS) is 11.0. The van der Waals surface area contributed by atoms with Crippen LogP contribution in [0.1, 0.15) is 11.1 Å². The molecule has 0 atom stereocenters. The van der Waals surface area contributed by atoms with Crippen molar-refractivity contribution in [2.45, 2.75) is 13.5 Å². The van der Waals surface area contributed by atoms with Gasteiger partial charge in [-0.05, 0) is 55.5 Å². The van der Waals surface area contributed by atoms with Gasteiger partial charge in [0.2, 0.25) is 0 Å². The number of amides is 2. The fraction of sp³-hybridized carbons (Fsp3) is 0.148. The van der Waals surface area contributed by atoms with Crippen molar-refractivity contribution in [1.29, 1.82) is 0 Å². The Bertz CT molecular complexity index is 1540. The molecule has 0 unspecified atom stereocenters. The van der Waals surface area contributed by atoms with E-state index in [0.29, 0.717) is 22.9 Å². The number of rotatable bonds is 6. The van der Waals surface area contributed by atoms with Crippen molar-refractivity contribution in [2.75, 3.05) is 11.9 Å². The Balaban J connectivity index is 1.32. The molecule has 182 valence electrons. The molecule has 2 aromatic heterocycles. The molecule has 0 saturated heterocycles. The topological polar surface area (TPSA) is 77.2 Å². The number of carbonyl (C=O) groups is 1. The van der Waals surface area contributed by atoms with Gasteiger partial charge in [0.05, 0.1) is 23.6 Å². The SMILES string of the molecule is Cc1ccc(-n2nccc2N(C)C(=O)NCc2cc(F)ccc2Oc2ccc3c(cnn3C)c2)cc1. The number of benzene rings is 3. The first kappa shape index (κ1) is 23.1. The second-order valence-corrected chi connectivity index (χ2v) is 8.50. The van der Waals surface area contributed by atoms with Crippen LogP contribution in [0.25, 0.3) is 16.6 Å². The van der Waals surface area contributed by atoms with Gasteiger partial charge in [-0.15, -0.1) is 0 Å². The van der Waals surface area contributed by atoms with Crippen molar-refractivity contribution < 1.29 is 13.9 Å². The minimum atomic E-state index is -0.417. The Morgan fingerprint density at radius 2 is 1.86 bits per heavy atom. The van der Waals surface area contributed by atoms with E-state index in [1.807, 2.05) is 56.4 Å². The van der Waals surface area contributed by atoms with Crippen LogP contribution in [0.15, 0.2) is 79.1 Å². The summed E-state index contributed by atoms with van der Waals surface area (Å²) < 4.78 is 23.6. The van der Waals surface area contributed by atoms with Crippen LogP contribution in [0, 0.1) is 12.7 Å². The third-order valence-electron chi connectivity index (χ3n) is 5.95. The van der Waals surface area contributed by atoms with Crippen molar-refractivity contribution in [1.82, 2.24) is 24.9 Å². The summed E-state index contributed by atoms with van der Waals surface area (Å²) in [6.45, 7) is 2.08. The monoisotopic (exact) mass is 484 g/mol. The van der Waals surface area contributed by atoms with Gasteiger partial charge < -0.3 is 10.1 Å². The molecule has 0 aliphatic heterocycles. The lowest BCUT2D eigenvalue weighted by Gasteiger charge is -2.20. The molecule has 5 rings (SSSR count). The predicted octanol–water partition coefficient (Wildman–Crippen LogP) is 5.34. The molecular weight excluding hydrogens is 459 g/mol. The van der Waals surface area contributed by atoms with Crippen LogP contribution >= 0.6 is 0 Å².